The van der Waals surface area contributed by atoms with Crippen molar-refractivity contribution in [3.8, 4) is 5.75 Å². The number of aryl methyl sites for hydroxylation is 2. The molecule has 0 fully saturated rings. The van der Waals surface area contributed by atoms with Gasteiger partial charge in [0.25, 0.3) is 5.91 Å². The van der Waals surface area contributed by atoms with Crippen LogP contribution >= 0.6 is 0 Å². The number of para-hydroxylation sites is 1. The number of hydrogen-bond acceptors (Lipinski definition) is 4. The zero-order chi connectivity index (χ0) is 19.7. The molecule has 2 heterocycles. The second-order valence-electron chi connectivity index (χ2n) is 7.22. The molecule has 1 N–H and O–H groups in total. The highest BCUT2D eigenvalue weighted by Gasteiger charge is 2.28. The molecule has 2 aromatic carbocycles. The number of carbonyl (C=O) groups is 1. The van der Waals surface area contributed by atoms with Gasteiger partial charge in [0.15, 0.2) is 5.58 Å². The lowest BCUT2D eigenvalue weighted by Crippen LogP contribution is -2.35. The number of aromatic hydroxyl groups is 1. The topological polar surface area (TPSA) is 70.8 Å². The van der Waals surface area contributed by atoms with Crippen molar-refractivity contribution in [2.45, 2.75) is 39.0 Å². The summed E-state index contributed by atoms with van der Waals surface area (Å²) in [5.41, 5.74) is 2.53. The fourth-order valence-corrected chi connectivity index (χ4v) is 3.94. The average molecular weight is 377 g/mol. The molecular formula is C23H23NO4. The molecule has 5 nitrogen and oxygen atoms in total. The molecule has 0 radical (unpaired) electrons. The minimum atomic E-state index is -0.503. The lowest BCUT2D eigenvalue weighted by atomic mass is 9.98. The number of phenolic OH excluding ortho intramolecular Hbond substituents is 1. The first-order valence-electron chi connectivity index (χ1n) is 9.78. The van der Waals surface area contributed by atoms with E-state index in [2.05, 4.69) is 6.92 Å². The standard InChI is InChI=1S/C23H23NO4/c1-2-3-7-16-14-20(26)28-22-17(16)11-12-19(25)21(22)23(27)24-13-6-9-15-8-4-5-10-18(15)24/h4-5,8,10-12,14,25H,2-3,6-7,9,13H2,1H3. The second kappa shape index (κ2) is 7.50. The summed E-state index contributed by atoms with van der Waals surface area (Å²) in [6.45, 7) is 2.65. The van der Waals surface area contributed by atoms with E-state index in [1.807, 2.05) is 24.3 Å². The maximum Gasteiger partial charge on any atom is 0.336 e. The Bertz CT molecular complexity index is 1100. The van der Waals surface area contributed by atoms with Crippen molar-refractivity contribution in [2.75, 3.05) is 11.4 Å². The van der Waals surface area contributed by atoms with Gasteiger partial charge in [0.1, 0.15) is 11.3 Å². The van der Waals surface area contributed by atoms with Gasteiger partial charge in [0.05, 0.1) is 0 Å². The number of amides is 1. The van der Waals surface area contributed by atoms with Crippen LogP contribution in [0.3, 0.4) is 0 Å². The highest BCUT2D eigenvalue weighted by atomic mass is 16.4. The van der Waals surface area contributed by atoms with Gasteiger partial charge in [0, 0.05) is 23.7 Å². The Morgan fingerprint density at radius 1 is 1.21 bits per heavy atom. The van der Waals surface area contributed by atoms with E-state index in [-0.39, 0.29) is 22.8 Å². The van der Waals surface area contributed by atoms with Gasteiger partial charge in [-0.25, -0.2) is 4.79 Å². The molecule has 5 heteroatoms. The van der Waals surface area contributed by atoms with E-state index in [9.17, 15) is 14.7 Å². The number of carbonyl (C=O) groups excluding carboxylic acids is 1. The summed E-state index contributed by atoms with van der Waals surface area (Å²) in [5, 5.41) is 11.2. The lowest BCUT2D eigenvalue weighted by molar-refractivity contribution is 0.0983. The quantitative estimate of drug-likeness (QED) is 0.683. The van der Waals surface area contributed by atoms with Gasteiger partial charge >= 0.3 is 5.63 Å². The highest BCUT2D eigenvalue weighted by molar-refractivity contribution is 6.15. The molecule has 3 aromatic rings. The Morgan fingerprint density at radius 3 is 2.86 bits per heavy atom. The predicted octanol–water partition coefficient (Wildman–Crippen LogP) is 4.43. The molecule has 4 rings (SSSR count). The second-order valence-corrected chi connectivity index (χ2v) is 7.22. The van der Waals surface area contributed by atoms with Crippen LogP contribution in [0, 0.1) is 0 Å². The molecule has 0 atom stereocenters. The number of nitrogens with zero attached hydrogens (tertiary/aromatic N) is 1. The van der Waals surface area contributed by atoms with Crippen molar-refractivity contribution in [1.29, 1.82) is 0 Å². The zero-order valence-corrected chi connectivity index (χ0v) is 15.9. The first-order chi connectivity index (χ1) is 13.6. The minimum absolute atomic E-state index is 0.0599. The number of benzene rings is 2. The van der Waals surface area contributed by atoms with Crippen LogP contribution in [0.4, 0.5) is 5.69 Å². The van der Waals surface area contributed by atoms with Crippen molar-refractivity contribution in [1.82, 2.24) is 0 Å². The first kappa shape index (κ1) is 18.3. The molecule has 28 heavy (non-hydrogen) atoms. The lowest BCUT2D eigenvalue weighted by Gasteiger charge is -2.29. The molecule has 144 valence electrons. The molecule has 1 aliphatic rings. The van der Waals surface area contributed by atoms with Crippen LogP contribution < -0.4 is 10.5 Å². The van der Waals surface area contributed by atoms with Crippen LogP contribution in [0.25, 0.3) is 11.0 Å². The van der Waals surface area contributed by atoms with Gasteiger partial charge in [-0.3, -0.25) is 4.79 Å². The summed E-state index contributed by atoms with van der Waals surface area (Å²) < 4.78 is 5.43. The number of hydrogen-bond donors (Lipinski definition) is 1. The van der Waals surface area contributed by atoms with Gasteiger partial charge in [-0.15, -0.1) is 0 Å². The normalized spacial score (nSPS) is 13.5. The molecule has 0 bridgehead atoms. The van der Waals surface area contributed by atoms with E-state index in [1.165, 1.54) is 12.1 Å². The molecule has 1 amide bonds. The third-order valence-electron chi connectivity index (χ3n) is 5.35. The van der Waals surface area contributed by atoms with Gasteiger partial charge < -0.3 is 14.4 Å². The summed E-state index contributed by atoms with van der Waals surface area (Å²) in [4.78, 5) is 27.3. The molecule has 0 saturated carbocycles. The summed E-state index contributed by atoms with van der Waals surface area (Å²) >= 11 is 0. The molecule has 0 unspecified atom stereocenters. The zero-order valence-electron chi connectivity index (χ0n) is 15.9. The number of phenols is 1. The predicted molar refractivity (Wildman–Crippen MR) is 109 cm³/mol. The van der Waals surface area contributed by atoms with Crippen molar-refractivity contribution < 1.29 is 14.3 Å². The van der Waals surface area contributed by atoms with E-state index in [4.69, 9.17) is 4.42 Å². The summed E-state index contributed by atoms with van der Waals surface area (Å²) in [5.74, 6) is -0.512. The number of unbranched alkanes of at least 4 members (excludes halogenated alkanes) is 1. The van der Waals surface area contributed by atoms with E-state index in [1.54, 1.807) is 11.0 Å². The fourth-order valence-electron chi connectivity index (χ4n) is 3.94. The summed E-state index contributed by atoms with van der Waals surface area (Å²) in [6, 6.07) is 12.5. The van der Waals surface area contributed by atoms with Crippen LogP contribution in [0.15, 0.2) is 51.7 Å². The third-order valence-corrected chi connectivity index (χ3v) is 5.35. The van der Waals surface area contributed by atoms with E-state index in [0.29, 0.717) is 11.9 Å². The van der Waals surface area contributed by atoms with Gasteiger partial charge in [-0.05, 0) is 55.0 Å². The van der Waals surface area contributed by atoms with Crippen LogP contribution in [0.2, 0.25) is 0 Å². The third kappa shape index (κ3) is 3.17. The summed E-state index contributed by atoms with van der Waals surface area (Å²) in [7, 11) is 0. The van der Waals surface area contributed by atoms with E-state index < -0.39 is 5.63 Å². The first-order valence-corrected chi connectivity index (χ1v) is 9.78. The van der Waals surface area contributed by atoms with Crippen molar-refractivity contribution >= 4 is 22.6 Å². The highest BCUT2D eigenvalue weighted by Crippen LogP contribution is 2.34. The van der Waals surface area contributed by atoms with Gasteiger partial charge in [0.2, 0.25) is 0 Å². The van der Waals surface area contributed by atoms with Crippen LogP contribution in [-0.4, -0.2) is 17.6 Å². The van der Waals surface area contributed by atoms with Crippen LogP contribution in [0.5, 0.6) is 5.75 Å². The van der Waals surface area contributed by atoms with Crippen molar-refractivity contribution in [3.63, 3.8) is 0 Å². The number of fused-ring (bicyclic) bond motifs is 2. The molecule has 1 aromatic heterocycles. The summed E-state index contributed by atoms with van der Waals surface area (Å²) in [6.07, 6.45) is 4.42. The molecule has 0 saturated heterocycles. The SMILES string of the molecule is CCCCc1cc(=O)oc2c(C(=O)N3CCCc4ccccc43)c(O)ccc12. The van der Waals surface area contributed by atoms with Crippen LogP contribution in [0.1, 0.15) is 47.7 Å². The average Bonchev–Trinajstić information content (AvgIpc) is 2.71. The van der Waals surface area contributed by atoms with E-state index >= 15 is 0 Å². The van der Waals surface area contributed by atoms with E-state index in [0.717, 1.165) is 48.9 Å². The smallest absolute Gasteiger partial charge is 0.336 e. The Hall–Kier alpha value is -3.08. The Morgan fingerprint density at radius 2 is 2.04 bits per heavy atom. The maximum absolute atomic E-state index is 13.4. The van der Waals surface area contributed by atoms with Crippen LogP contribution in [-0.2, 0) is 12.8 Å². The largest absolute Gasteiger partial charge is 0.507 e. The minimum Gasteiger partial charge on any atom is -0.507 e. The van der Waals surface area contributed by atoms with Crippen molar-refractivity contribution in [3.05, 3.63) is 69.6 Å². The molecular weight excluding hydrogens is 354 g/mol. The monoisotopic (exact) mass is 377 g/mol. The number of anilines is 1. The molecule has 1 aliphatic heterocycles. The number of rotatable bonds is 4. The van der Waals surface area contributed by atoms with Gasteiger partial charge in [-0.2, -0.15) is 0 Å². The Kier molecular flexibility index (Phi) is 4.90. The Balaban J connectivity index is 1.87. The van der Waals surface area contributed by atoms with Crippen molar-refractivity contribution in [2.24, 2.45) is 0 Å². The molecule has 0 aliphatic carbocycles. The Labute approximate surface area is 163 Å². The van der Waals surface area contributed by atoms with Gasteiger partial charge in [-0.1, -0.05) is 31.5 Å². The molecule has 0 spiro atoms. The fraction of sp³-hybridized carbons (Fsp3) is 0.304. The maximum atomic E-state index is 13.4.